The van der Waals surface area contributed by atoms with Crippen molar-refractivity contribution in [1.29, 1.82) is 0 Å². The third-order valence-electron chi connectivity index (χ3n) is 17.2. The fourth-order valence-electron chi connectivity index (χ4n) is 12.3. The maximum atomic E-state index is 14.6. The number of ketones is 3. The van der Waals surface area contributed by atoms with Crippen LogP contribution in [0.25, 0.3) is 0 Å². The van der Waals surface area contributed by atoms with Gasteiger partial charge in [0.2, 0.25) is 5.79 Å². The molecular weight excluding hydrogens is 963 g/mol. The molecule has 5 rings (SSSR count). The van der Waals surface area contributed by atoms with Gasteiger partial charge in [-0.15, -0.1) is 0 Å². The predicted molar refractivity (Wildman–Crippen MR) is 283 cm³/mol. The van der Waals surface area contributed by atoms with Crippen molar-refractivity contribution < 1.29 is 72.1 Å². The molecule has 4 aliphatic heterocycles. The zero-order chi connectivity index (χ0) is 55.3. The van der Waals surface area contributed by atoms with E-state index in [1.165, 1.54) is 12.0 Å². The predicted octanol–water partition coefficient (Wildman–Crippen LogP) is 8.21. The third kappa shape index (κ3) is 16.7. The fourth-order valence-corrected chi connectivity index (χ4v) is 12.3. The number of cyclic esters (lactones) is 1. The molecule has 5 aliphatic rings. The lowest BCUT2D eigenvalue weighted by atomic mass is 9.78. The molecule has 16 heteroatoms. The van der Waals surface area contributed by atoms with Gasteiger partial charge in [0, 0.05) is 72.0 Å². The van der Waals surface area contributed by atoms with Gasteiger partial charge in [0.1, 0.15) is 18.2 Å². The Morgan fingerprint density at radius 3 is 2.17 bits per heavy atom. The van der Waals surface area contributed by atoms with Crippen molar-refractivity contribution in [3.63, 3.8) is 0 Å². The number of ether oxygens (including phenoxy) is 8. The molecule has 1 amide bonds. The summed E-state index contributed by atoms with van der Waals surface area (Å²) >= 11 is 0. The van der Waals surface area contributed by atoms with Crippen molar-refractivity contribution in [2.75, 3.05) is 35.0 Å². The number of aliphatic hydroxyl groups is 2. The second kappa shape index (κ2) is 29.1. The Morgan fingerprint density at radius 2 is 1.51 bits per heavy atom. The Balaban J connectivity index is 1.44. The number of aliphatic hydroxyl groups excluding tert-OH is 1. The smallest absolute Gasteiger partial charge is 0.329 e. The summed E-state index contributed by atoms with van der Waals surface area (Å²) < 4.78 is 48.4. The molecule has 2 bridgehead atoms. The molecule has 16 nitrogen and oxygen atoms in total. The highest BCUT2D eigenvalue weighted by molar-refractivity contribution is 6.39. The van der Waals surface area contributed by atoms with Gasteiger partial charge in [-0.2, -0.15) is 0 Å². The van der Waals surface area contributed by atoms with Crippen molar-refractivity contribution in [3.8, 4) is 0 Å². The monoisotopic (exact) mass is 1060 g/mol. The first kappa shape index (κ1) is 62.7. The van der Waals surface area contributed by atoms with E-state index in [0.717, 1.165) is 37.7 Å². The number of hydrogen-bond acceptors (Lipinski definition) is 15. The largest absolute Gasteiger partial charge is 0.460 e. The van der Waals surface area contributed by atoms with Crippen LogP contribution in [-0.4, -0.2) is 152 Å². The summed E-state index contributed by atoms with van der Waals surface area (Å²) in [5.41, 5.74) is 1.29. The van der Waals surface area contributed by atoms with Crippen LogP contribution in [0, 0.1) is 41.4 Å². The van der Waals surface area contributed by atoms with E-state index >= 15 is 0 Å². The Kier molecular flexibility index (Phi) is 24.3. The van der Waals surface area contributed by atoms with Gasteiger partial charge in [-0.05, 0) is 133 Å². The topological polar surface area (TPSA) is 203 Å². The maximum Gasteiger partial charge on any atom is 0.329 e. The third-order valence-corrected chi connectivity index (χ3v) is 17.2. The van der Waals surface area contributed by atoms with Crippen LogP contribution >= 0.6 is 0 Å². The SMILES string of the molecule is COC1CCC(OC2CCC(CC(C)C3CC(=O)/C(C)=C\C(C)C(O)C(OC)C(=O)C(C)CC(C)C=CCC(C)C=C(C)C(OC)CC4CCC(C)C(O)(O4)C(=O)C(=O)N4CCCCC4C(=O)O3)CC2OC)C(C)O1. The normalized spacial score (nSPS) is 40.5. The van der Waals surface area contributed by atoms with Gasteiger partial charge >= 0.3 is 5.97 Å². The number of carbonyl (C=O) groups is 5. The molecule has 0 spiro atoms. The number of allylic oxidation sites excluding steroid dienone is 4. The summed E-state index contributed by atoms with van der Waals surface area (Å²) in [6.07, 6.45) is 11.0. The number of hydrogen-bond donors (Lipinski definition) is 2. The van der Waals surface area contributed by atoms with Gasteiger partial charge in [-0.1, -0.05) is 65.8 Å². The number of methoxy groups -OCH3 is 4. The van der Waals surface area contributed by atoms with Crippen molar-refractivity contribution in [2.24, 2.45) is 41.4 Å². The molecule has 0 aromatic heterocycles. The molecule has 19 atom stereocenters. The van der Waals surface area contributed by atoms with Gasteiger partial charge in [0.05, 0.1) is 42.7 Å². The second-order valence-electron chi connectivity index (χ2n) is 23.2. The number of fused-ring (bicyclic) bond motifs is 3. The van der Waals surface area contributed by atoms with Crippen LogP contribution in [0.1, 0.15) is 159 Å². The lowest BCUT2D eigenvalue weighted by molar-refractivity contribution is -0.265. The molecule has 3 saturated heterocycles. The van der Waals surface area contributed by atoms with E-state index in [0.29, 0.717) is 56.9 Å². The Morgan fingerprint density at radius 1 is 0.787 bits per heavy atom. The molecule has 19 unspecified atom stereocenters. The summed E-state index contributed by atoms with van der Waals surface area (Å²) in [5.74, 6) is -7.64. The van der Waals surface area contributed by atoms with Gasteiger partial charge < -0.3 is 53.0 Å². The number of carbonyl (C=O) groups excluding carboxylic acids is 5. The molecular formula is C59H95NO15. The lowest BCUT2D eigenvalue weighted by Crippen LogP contribution is -2.61. The Bertz CT molecular complexity index is 1990. The summed E-state index contributed by atoms with van der Waals surface area (Å²) in [7, 11) is 6.35. The molecule has 0 aromatic rings. The number of nitrogens with zero attached hydrogens (tertiary/aromatic N) is 1. The highest BCUT2D eigenvalue weighted by Crippen LogP contribution is 2.39. The van der Waals surface area contributed by atoms with Gasteiger partial charge in [-0.3, -0.25) is 19.2 Å². The highest BCUT2D eigenvalue weighted by Gasteiger charge is 2.53. The summed E-state index contributed by atoms with van der Waals surface area (Å²) in [6.45, 7) is 17.1. The maximum absolute atomic E-state index is 14.6. The number of esters is 1. The standard InChI is InChI=1S/C59H95NO15/c1-34-17-16-18-35(2)28-39(6)53(62)55(71-13)54(63)40(7)29-36(3)46(61)33-50(38(5)30-43-21-23-48(51(31-43)69-11)73-47-24-25-52(70-12)72-42(47)9)74-58(66)45-19-14-15-26-60(45)57(65)56(64)59(67)41(8)20-22-44(75-59)32-49(68-10)37(4)27-34/h16,18,27,29,34-35,38-45,47-52,54-55,63,67H,14-15,17,19-26,28,30-33H2,1-13H3/b18-16?,36-29-,37-27?. The minimum atomic E-state index is -2.43. The highest BCUT2D eigenvalue weighted by atomic mass is 16.7. The van der Waals surface area contributed by atoms with Crippen LogP contribution in [-0.2, 0) is 61.9 Å². The van der Waals surface area contributed by atoms with Gasteiger partial charge in [0.15, 0.2) is 17.9 Å². The van der Waals surface area contributed by atoms with Crippen LogP contribution in [0.4, 0.5) is 0 Å². The van der Waals surface area contributed by atoms with Gasteiger partial charge in [0.25, 0.3) is 11.7 Å². The summed E-state index contributed by atoms with van der Waals surface area (Å²) in [6, 6.07) is -1.15. The Labute approximate surface area is 448 Å². The zero-order valence-corrected chi connectivity index (χ0v) is 47.7. The van der Waals surface area contributed by atoms with Crippen molar-refractivity contribution >= 4 is 29.2 Å². The number of Topliss-reactive ketones (excluding diaryl/α,β-unsaturated/α-hetero) is 3. The number of piperidine rings is 1. The molecule has 75 heavy (non-hydrogen) atoms. The molecule has 1 aliphatic carbocycles. The first-order valence-electron chi connectivity index (χ1n) is 28.2. The van der Waals surface area contributed by atoms with E-state index < -0.39 is 71.7 Å². The first-order valence-corrected chi connectivity index (χ1v) is 28.2. The lowest BCUT2D eigenvalue weighted by Gasteiger charge is -2.43. The van der Waals surface area contributed by atoms with Crippen molar-refractivity contribution in [3.05, 3.63) is 35.5 Å². The quantitative estimate of drug-likeness (QED) is 0.127. The molecule has 426 valence electrons. The van der Waals surface area contributed by atoms with Gasteiger partial charge in [-0.25, -0.2) is 4.79 Å². The van der Waals surface area contributed by atoms with E-state index in [9.17, 15) is 34.2 Å². The number of rotatable bonds is 9. The van der Waals surface area contributed by atoms with Crippen molar-refractivity contribution in [1.82, 2.24) is 4.90 Å². The second-order valence-corrected chi connectivity index (χ2v) is 23.2. The molecule has 2 N–H and O–H groups in total. The summed E-state index contributed by atoms with van der Waals surface area (Å²) in [5, 5.41) is 23.7. The van der Waals surface area contributed by atoms with E-state index in [4.69, 9.17) is 37.9 Å². The van der Waals surface area contributed by atoms with E-state index in [1.54, 1.807) is 48.2 Å². The van der Waals surface area contributed by atoms with E-state index in [1.807, 2.05) is 27.7 Å². The molecule has 4 fully saturated rings. The van der Waals surface area contributed by atoms with Crippen LogP contribution in [0.3, 0.4) is 0 Å². The average Bonchev–Trinajstić information content (AvgIpc) is 3.38. The zero-order valence-electron chi connectivity index (χ0n) is 47.7. The molecule has 1 saturated carbocycles. The average molecular weight is 1060 g/mol. The minimum absolute atomic E-state index is 0.0569. The molecule has 0 radical (unpaired) electrons. The fraction of sp³-hybridized carbons (Fsp3) is 0.814. The molecule has 0 aromatic carbocycles. The first-order chi connectivity index (χ1) is 35.5. The van der Waals surface area contributed by atoms with Crippen LogP contribution < -0.4 is 0 Å². The van der Waals surface area contributed by atoms with Crippen molar-refractivity contribution in [2.45, 2.75) is 232 Å². The van der Waals surface area contributed by atoms with Crippen LogP contribution in [0.15, 0.2) is 35.5 Å². The van der Waals surface area contributed by atoms with E-state index in [-0.39, 0.29) is 91.4 Å². The van der Waals surface area contributed by atoms with Crippen LogP contribution in [0.2, 0.25) is 0 Å². The van der Waals surface area contributed by atoms with E-state index in [2.05, 4.69) is 32.1 Å². The minimum Gasteiger partial charge on any atom is -0.460 e. The number of amides is 1. The Hall–Kier alpha value is -3.19. The molecule has 4 heterocycles. The van der Waals surface area contributed by atoms with Crippen LogP contribution in [0.5, 0.6) is 0 Å². The summed E-state index contributed by atoms with van der Waals surface area (Å²) in [4.78, 5) is 72.9.